The van der Waals surface area contributed by atoms with Crippen molar-refractivity contribution >= 4 is 0 Å². The van der Waals surface area contributed by atoms with E-state index < -0.39 is 0 Å². The lowest BCUT2D eigenvalue weighted by Gasteiger charge is -2.07. The fourth-order valence-corrected chi connectivity index (χ4v) is 1.29. The van der Waals surface area contributed by atoms with Gasteiger partial charge in [-0.1, -0.05) is 13.8 Å². The molecular weight excluding hydrogens is 162 g/mol. The first-order valence-electron chi connectivity index (χ1n) is 4.82. The van der Waals surface area contributed by atoms with Crippen LogP contribution in [0.1, 0.15) is 25.1 Å². The number of nitrogens with one attached hydrogen (secondary N) is 1. The van der Waals surface area contributed by atoms with Gasteiger partial charge in [-0.25, -0.2) is 0 Å². The molecule has 0 aliphatic carbocycles. The molecule has 0 amide bonds. The molecule has 0 bridgehead atoms. The minimum atomic E-state index is 0.567. The Bertz CT molecular complexity index is 263. The fourth-order valence-electron chi connectivity index (χ4n) is 1.29. The maximum atomic E-state index is 4.20. The largest absolute Gasteiger partial charge is 0.314 e. The van der Waals surface area contributed by atoms with Crippen molar-refractivity contribution in [3.05, 3.63) is 17.5 Å². The van der Waals surface area contributed by atoms with Crippen molar-refractivity contribution in [2.75, 3.05) is 6.54 Å². The van der Waals surface area contributed by atoms with E-state index in [2.05, 4.69) is 31.2 Å². The van der Waals surface area contributed by atoms with Crippen molar-refractivity contribution in [1.29, 1.82) is 0 Å². The second-order valence-electron chi connectivity index (χ2n) is 3.74. The van der Waals surface area contributed by atoms with E-state index in [1.54, 1.807) is 0 Å². The first-order valence-corrected chi connectivity index (χ1v) is 4.82. The SMILES string of the molecule is Cc1c(CCNC(C)C)cnn1C. The molecule has 0 aliphatic heterocycles. The zero-order chi connectivity index (χ0) is 9.84. The second-order valence-corrected chi connectivity index (χ2v) is 3.74. The zero-order valence-corrected chi connectivity index (χ0v) is 8.96. The smallest absolute Gasteiger partial charge is 0.0524 e. The number of aromatic nitrogens is 2. The minimum absolute atomic E-state index is 0.567. The van der Waals surface area contributed by atoms with E-state index in [1.165, 1.54) is 11.3 Å². The van der Waals surface area contributed by atoms with Crippen LogP contribution in [0.3, 0.4) is 0 Å². The number of hydrogen-bond donors (Lipinski definition) is 1. The molecule has 1 aromatic rings. The standard InChI is InChI=1S/C10H19N3/c1-8(2)11-6-5-10-7-12-13(4)9(10)3/h7-8,11H,5-6H2,1-4H3. The van der Waals surface area contributed by atoms with Crippen LogP contribution >= 0.6 is 0 Å². The maximum absolute atomic E-state index is 4.20. The summed E-state index contributed by atoms with van der Waals surface area (Å²) in [6.45, 7) is 7.47. The molecule has 3 heteroatoms. The summed E-state index contributed by atoms with van der Waals surface area (Å²) in [5, 5.41) is 7.60. The van der Waals surface area contributed by atoms with Gasteiger partial charge in [0.1, 0.15) is 0 Å². The number of rotatable bonds is 4. The van der Waals surface area contributed by atoms with Crippen molar-refractivity contribution in [2.45, 2.75) is 33.2 Å². The molecule has 0 spiro atoms. The first-order chi connectivity index (χ1) is 6.11. The molecule has 0 atom stereocenters. The van der Waals surface area contributed by atoms with Gasteiger partial charge in [0.05, 0.1) is 6.20 Å². The minimum Gasteiger partial charge on any atom is -0.314 e. The van der Waals surface area contributed by atoms with Gasteiger partial charge in [-0.05, 0) is 25.5 Å². The third kappa shape index (κ3) is 2.84. The summed E-state index contributed by atoms with van der Waals surface area (Å²) in [6, 6.07) is 0.567. The van der Waals surface area contributed by atoms with Crippen LogP contribution in [0.4, 0.5) is 0 Å². The van der Waals surface area contributed by atoms with Crippen LogP contribution < -0.4 is 5.32 Å². The number of hydrogen-bond acceptors (Lipinski definition) is 2. The highest BCUT2D eigenvalue weighted by molar-refractivity contribution is 5.15. The summed E-state index contributed by atoms with van der Waals surface area (Å²) < 4.78 is 1.92. The molecule has 1 aromatic heterocycles. The highest BCUT2D eigenvalue weighted by Crippen LogP contribution is 2.05. The summed E-state index contributed by atoms with van der Waals surface area (Å²) in [6.07, 6.45) is 3.02. The van der Waals surface area contributed by atoms with Crippen molar-refractivity contribution in [1.82, 2.24) is 15.1 Å². The number of aryl methyl sites for hydroxylation is 1. The third-order valence-electron chi connectivity index (χ3n) is 2.28. The van der Waals surface area contributed by atoms with Crippen molar-refractivity contribution in [3.63, 3.8) is 0 Å². The average Bonchev–Trinajstić information content (AvgIpc) is 2.35. The molecule has 3 nitrogen and oxygen atoms in total. The molecule has 0 saturated carbocycles. The lowest BCUT2D eigenvalue weighted by Crippen LogP contribution is -2.25. The average molecular weight is 181 g/mol. The molecule has 1 N–H and O–H groups in total. The van der Waals surface area contributed by atoms with E-state index >= 15 is 0 Å². The lowest BCUT2D eigenvalue weighted by atomic mass is 10.2. The van der Waals surface area contributed by atoms with Crippen molar-refractivity contribution in [3.8, 4) is 0 Å². The molecule has 0 aromatic carbocycles. The zero-order valence-electron chi connectivity index (χ0n) is 8.96. The molecule has 0 unspecified atom stereocenters. The van der Waals surface area contributed by atoms with Crippen LogP contribution in [0.25, 0.3) is 0 Å². The van der Waals surface area contributed by atoms with E-state index in [1.807, 2.05) is 17.9 Å². The Hall–Kier alpha value is -0.830. The molecule has 0 radical (unpaired) electrons. The lowest BCUT2D eigenvalue weighted by molar-refractivity contribution is 0.589. The molecule has 1 rings (SSSR count). The van der Waals surface area contributed by atoms with Gasteiger partial charge in [0.2, 0.25) is 0 Å². The molecule has 1 heterocycles. The van der Waals surface area contributed by atoms with Crippen molar-refractivity contribution < 1.29 is 0 Å². The fraction of sp³-hybridized carbons (Fsp3) is 0.700. The van der Waals surface area contributed by atoms with Crippen LogP contribution in [-0.2, 0) is 13.5 Å². The summed E-state index contributed by atoms with van der Waals surface area (Å²) in [7, 11) is 1.98. The molecular formula is C10H19N3. The Kier molecular flexibility index (Phi) is 3.48. The van der Waals surface area contributed by atoms with Crippen LogP contribution in [0, 0.1) is 6.92 Å². The van der Waals surface area contributed by atoms with E-state index in [0.717, 1.165) is 13.0 Å². The quantitative estimate of drug-likeness (QED) is 0.758. The van der Waals surface area contributed by atoms with Gasteiger partial charge in [0, 0.05) is 18.8 Å². The molecule has 0 saturated heterocycles. The van der Waals surface area contributed by atoms with Gasteiger partial charge in [-0.3, -0.25) is 4.68 Å². The highest BCUT2D eigenvalue weighted by Gasteiger charge is 2.02. The summed E-state index contributed by atoms with van der Waals surface area (Å²) in [4.78, 5) is 0. The van der Waals surface area contributed by atoms with Gasteiger partial charge in [-0.15, -0.1) is 0 Å². The van der Waals surface area contributed by atoms with E-state index in [-0.39, 0.29) is 0 Å². The van der Waals surface area contributed by atoms with Crippen LogP contribution in [0.5, 0.6) is 0 Å². The van der Waals surface area contributed by atoms with E-state index in [4.69, 9.17) is 0 Å². The maximum Gasteiger partial charge on any atom is 0.0524 e. The number of nitrogens with zero attached hydrogens (tertiary/aromatic N) is 2. The van der Waals surface area contributed by atoms with Gasteiger partial charge >= 0.3 is 0 Å². The van der Waals surface area contributed by atoms with Gasteiger partial charge in [0.25, 0.3) is 0 Å². The first kappa shape index (κ1) is 10.3. The Balaban J connectivity index is 2.41. The monoisotopic (exact) mass is 181 g/mol. The summed E-state index contributed by atoms with van der Waals surface area (Å²) in [5.41, 5.74) is 2.61. The van der Waals surface area contributed by atoms with Gasteiger partial charge in [0.15, 0.2) is 0 Å². The Labute approximate surface area is 80.1 Å². The Morgan fingerprint density at radius 2 is 2.23 bits per heavy atom. The topological polar surface area (TPSA) is 29.9 Å². The van der Waals surface area contributed by atoms with Crippen LogP contribution in [0.15, 0.2) is 6.20 Å². The van der Waals surface area contributed by atoms with Crippen LogP contribution in [-0.4, -0.2) is 22.4 Å². The Morgan fingerprint density at radius 1 is 1.54 bits per heavy atom. The molecule has 74 valence electrons. The van der Waals surface area contributed by atoms with Crippen LogP contribution in [0.2, 0.25) is 0 Å². The van der Waals surface area contributed by atoms with Gasteiger partial charge < -0.3 is 5.32 Å². The van der Waals surface area contributed by atoms with E-state index in [9.17, 15) is 0 Å². The highest BCUT2D eigenvalue weighted by atomic mass is 15.3. The predicted molar refractivity (Wildman–Crippen MR) is 54.8 cm³/mol. The van der Waals surface area contributed by atoms with E-state index in [0.29, 0.717) is 6.04 Å². The summed E-state index contributed by atoms with van der Waals surface area (Å²) >= 11 is 0. The summed E-state index contributed by atoms with van der Waals surface area (Å²) in [5.74, 6) is 0. The Morgan fingerprint density at radius 3 is 2.69 bits per heavy atom. The second kappa shape index (κ2) is 4.42. The molecule has 13 heavy (non-hydrogen) atoms. The molecule has 0 fully saturated rings. The van der Waals surface area contributed by atoms with Gasteiger partial charge in [-0.2, -0.15) is 5.10 Å². The predicted octanol–water partition coefficient (Wildman–Crippen LogP) is 1.27. The molecule has 0 aliphatic rings. The normalized spacial score (nSPS) is 11.2. The third-order valence-corrected chi connectivity index (χ3v) is 2.28. The van der Waals surface area contributed by atoms with Crippen molar-refractivity contribution in [2.24, 2.45) is 7.05 Å².